The number of amides is 1. The van der Waals surface area contributed by atoms with Crippen molar-refractivity contribution in [2.45, 2.75) is 19.9 Å². The van der Waals surface area contributed by atoms with Crippen LogP contribution >= 0.6 is 0 Å². The van der Waals surface area contributed by atoms with Gasteiger partial charge in [-0.1, -0.05) is 12.1 Å². The van der Waals surface area contributed by atoms with Gasteiger partial charge in [-0.25, -0.2) is 9.97 Å². The lowest BCUT2D eigenvalue weighted by molar-refractivity contribution is 0.0741. The van der Waals surface area contributed by atoms with Crippen LogP contribution in [0.1, 0.15) is 30.4 Å². The topological polar surface area (TPSA) is 84.2 Å². The Bertz CT molecular complexity index is 1370. The SMILES string of the molecule is CC(C)n1cnc2cc(N3CCN(C(=O)c4cnc5ccccc5n4)CC3)ccc2c1=O. The average Bonchev–Trinajstić information content (AvgIpc) is 2.83. The fraction of sp³-hybridized carbons (Fsp3) is 0.292. The predicted octanol–water partition coefficient (Wildman–Crippen LogP) is 2.88. The number of anilines is 1. The van der Waals surface area contributed by atoms with Crippen molar-refractivity contribution in [3.8, 4) is 0 Å². The van der Waals surface area contributed by atoms with Gasteiger partial charge in [0.1, 0.15) is 5.69 Å². The quantitative estimate of drug-likeness (QED) is 0.499. The normalized spacial score (nSPS) is 14.5. The molecular formula is C24H24N6O2. The molecule has 32 heavy (non-hydrogen) atoms. The minimum absolute atomic E-state index is 0.0246. The maximum Gasteiger partial charge on any atom is 0.274 e. The van der Waals surface area contributed by atoms with E-state index in [-0.39, 0.29) is 17.5 Å². The van der Waals surface area contributed by atoms with Crippen LogP contribution in [0.2, 0.25) is 0 Å². The molecule has 1 amide bonds. The van der Waals surface area contributed by atoms with Crippen molar-refractivity contribution < 1.29 is 4.79 Å². The van der Waals surface area contributed by atoms with Crippen LogP contribution in [0.15, 0.2) is 59.8 Å². The second-order valence-corrected chi connectivity index (χ2v) is 8.28. The number of carbonyl (C=O) groups excluding carboxylic acids is 1. The van der Waals surface area contributed by atoms with Gasteiger partial charge in [0.15, 0.2) is 0 Å². The zero-order chi connectivity index (χ0) is 22.2. The molecule has 2 aromatic carbocycles. The van der Waals surface area contributed by atoms with Crippen LogP contribution in [0.4, 0.5) is 5.69 Å². The molecule has 0 radical (unpaired) electrons. The van der Waals surface area contributed by atoms with Crippen molar-refractivity contribution in [1.29, 1.82) is 0 Å². The predicted molar refractivity (Wildman–Crippen MR) is 124 cm³/mol. The van der Waals surface area contributed by atoms with Crippen molar-refractivity contribution in [2.24, 2.45) is 0 Å². The molecule has 1 aliphatic rings. The van der Waals surface area contributed by atoms with Gasteiger partial charge in [-0.05, 0) is 44.2 Å². The zero-order valence-electron chi connectivity index (χ0n) is 18.1. The van der Waals surface area contributed by atoms with E-state index in [4.69, 9.17) is 0 Å². The molecule has 0 atom stereocenters. The smallest absolute Gasteiger partial charge is 0.274 e. The molecule has 8 nitrogen and oxygen atoms in total. The lowest BCUT2D eigenvalue weighted by Crippen LogP contribution is -2.49. The molecule has 2 aromatic heterocycles. The Morgan fingerprint density at radius 2 is 1.69 bits per heavy atom. The second kappa shape index (κ2) is 8.03. The number of carbonyl (C=O) groups is 1. The molecule has 162 valence electrons. The summed E-state index contributed by atoms with van der Waals surface area (Å²) in [4.78, 5) is 42.9. The van der Waals surface area contributed by atoms with E-state index in [1.54, 1.807) is 17.1 Å². The van der Waals surface area contributed by atoms with Crippen molar-refractivity contribution in [3.05, 3.63) is 71.0 Å². The summed E-state index contributed by atoms with van der Waals surface area (Å²) < 4.78 is 1.64. The number of hydrogen-bond donors (Lipinski definition) is 0. The standard InChI is InChI=1S/C24H24N6O2/c1-16(2)30-15-26-21-13-17(7-8-18(21)23(30)31)28-9-11-29(12-10-28)24(32)22-14-25-19-5-3-4-6-20(19)27-22/h3-8,13-16H,9-12H2,1-2H3. The van der Waals surface area contributed by atoms with E-state index >= 15 is 0 Å². The first-order valence-corrected chi connectivity index (χ1v) is 10.8. The largest absolute Gasteiger partial charge is 0.368 e. The maximum absolute atomic E-state index is 12.9. The second-order valence-electron chi connectivity index (χ2n) is 8.28. The Labute approximate surface area is 185 Å². The number of piperazine rings is 1. The summed E-state index contributed by atoms with van der Waals surface area (Å²) in [6.07, 6.45) is 3.16. The number of hydrogen-bond acceptors (Lipinski definition) is 6. The van der Waals surface area contributed by atoms with Crippen molar-refractivity contribution in [1.82, 2.24) is 24.4 Å². The molecule has 0 aliphatic carbocycles. The fourth-order valence-electron chi connectivity index (χ4n) is 4.08. The lowest BCUT2D eigenvalue weighted by Gasteiger charge is -2.36. The van der Waals surface area contributed by atoms with Gasteiger partial charge >= 0.3 is 0 Å². The van der Waals surface area contributed by atoms with Crippen LogP contribution in [-0.4, -0.2) is 56.5 Å². The summed E-state index contributed by atoms with van der Waals surface area (Å²) in [6, 6.07) is 13.4. The van der Waals surface area contributed by atoms with E-state index in [0.717, 1.165) is 16.7 Å². The van der Waals surface area contributed by atoms with Crippen LogP contribution < -0.4 is 10.5 Å². The van der Waals surface area contributed by atoms with Gasteiger partial charge in [0.2, 0.25) is 0 Å². The highest BCUT2D eigenvalue weighted by Gasteiger charge is 2.24. The van der Waals surface area contributed by atoms with Gasteiger partial charge in [-0.3, -0.25) is 19.1 Å². The van der Waals surface area contributed by atoms with Gasteiger partial charge in [-0.15, -0.1) is 0 Å². The molecule has 1 fully saturated rings. The molecule has 0 bridgehead atoms. The number of rotatable bonds is 3. The first kappa shape index (κ1) is 20.1. The first-order chi connectivity index (χ1) is 15.5. The summed E-state index contributed by atoms with van der Waals surface area (Å²) in [5, 5.41) is 0.619. The van der Waals surface area contributed by atoms with Crippen LogP contribution in [0.25, 0.3) is 21.9 Å². The Kier molecular flexibility index (Phi) is 5.05. The highest BCUT2D eigenvalue weighted by Crippen LogP contribution is 2.21. The van der Waals surface area contributed by atoms with Gasteiger partial charge < -0.3 is 9.80 Å². The van der Waals surface area contributed by atoms with E-state index in [1.165, 1.54) is 0 Å². The van der Waals surface area contributed by atoms with Crippen molar-refractivity contribution in [3.63, 3.8) is 0 Å². The molecule has 5 rings (SSSR count). The van der Waals surface area contributed by atoms with Crippen LogP contribution in [0, 0.1) is 0 Å². The Morgan fingerprint density at radius 1 is 0.938 bits per heavy atom. The summed E-state index contributed by atoms with van der Waals surface area (Å²) in [7, 11) is 0. The first-order valence-electron chi connectivity index (χ1n) is 10.8. The molecule has 1 saturated heterocycles. The van der Waals surface area contributed by atoms with E-state index in [9.17, 15) is 9.59 Å². The minimum Gasteiger partial charge on any atom is -0.368 e. The van der Waals surface area contributed by atoms with Crippen molar-refractivity contribution >= 4 is 33.5 Å². The third-order valence-corrected chi connectivity index (χ3v) is 5.92. The zero-order valence-corrected chi connectivity index (χ0v) is 18.1. The Morgan fingerprint density at radius 3 is 2.44 bits per heavy atom. The maximum atomic E-state index is 12.9. The average molecular weight is 428 g/mol. The van der Waals surface area contributed by atoms with E-state index in [2.05, 4.69) is 19.9 Å². The molecule has 0 N–H and O–H groups in total. The summed E-state index contributed by atoms with van der Waals surface area (Å²) in [6.45, 7) is 6.51. The van der Waals surface area contributed by atoms with Gasteiger partial charge in [0, 0.05) is 37.9 Å². The van der Waals surface area contributed by atoms with Crippen LogP contribution in [0.3, 0.4) is 0 Å². The third kappa shape index (κ3) is 3.57. The van der Waals surface area contributed by atoms with Gasteiger partial charge in [0.05, 0.1) is 34.5 Å². The highest BCUT2D eigenvalue weighted by atomic mass is 16.2. The number of benzene rings is 2. The van der Waals surface area contributed by atoms with E-state index in [1.807, 2.05) is 61.2 Å². The summed E-state index contributed by atoms with van der Waals surface area (Å²) >= 11 is 0. The fourth-order valence-corrected chi connectivity index (χ4v) is 4.08. The monoisotopic (exact) mass is 428 g/mol. The molecule has 0 saturated carbocycles. The molecule has 8 heteroatoms. The molecule has 3 heterocycles. The Hall–Kier alpha value is -3.81. The lowest BCUT2D eigenvalue weighted by atomic mass is 10.2. The summed E-state index contributed by atoms with van der Waals surface area (Å²) in [5.74, 6) is -0.0997. The number of nitrogens with zero attached hydrogens (tertiary/aromatic N) is 6. The molecule has 4 aromatic rings. The van der Waals surface area contributed by atoms with Gasteiger partial charge in [-0.2, -0.15) is 0 Å². The number of para-hydroxylation sites is 2. The third-order valence-electron chi connectivity index (χ3n) is 5.92. The van der Waals surface area contributed by atoms with Crippen LogP contribution in [0.5, 0.6) is 0 Å². The molecule has 0 spiro atoms. The molecule has 1 aliphatic heterocycles. The van der Waals surface area contributed by atoms with E-state index < -0.39 is 0 Å². The number of fused-ring (bicyclic) bond motifs is 2. The van der Waals surface area contributed by atoms with E-state index in [0.29, 0.717) is 42.8 Å². The van der Waals surface area contributed by atoms with Crippen LogP contribution in [-0.2, 0) is 0 Å². The highest BCUT2D eigenvalue weighted by molar-refractivity contribution is 5.94. The Balaban J connectivity index is 1.31. The summed E-state index contributed by atoms with van der Waals surface area (Å²) in [5.41, 5.74) is 3.53. The van der Waals surface area contributed by atoms with Crippen molar-refractivity contribution in [2.75, 3.05) is 31.1 Å². The molecular weight excluding hydrogens is 404 g/mol. The molecule has 0 unspecified atom stereocenters. The minimum atomic E-state index is -0.0997. The number of aromatic nitrogens is 4. The van der Waals surface area contributed by atoms with Gasteiger partial charge in [0.25, 0.3) is 11.5 Å².